The summed E-state index contributed by atoms with van der Waals surface area (Å²) < 4.78 is 0. The third-order valence-corrected chi connectivity index (χ3v) is 1.73. The van der Waals surface area contributed by atoms with Crippen LogP contribution in [0.15, 0.2) is 0 Å². The summed E-state index contributed by atoms with van der Waals surface area (Å²) in [6, 6.07) is 0.571. The predicted molar refractivity (Wildman–Crippen MR) is 40.7 cm³/mol. The second-order valence-electron chi connectivity index (χ2n) is 2.58. The summed E-state index contributed by atoms with van der Waals surface area (Å²) in [4.78, 5) is 5.10. The molecule has 0 aromatic rings. The van der Waals surface area contributed by atoms with Crippen LogP contribution in [0.4, 0.5) is 0 Å². The van der Waals surface area contributed by atoms with Gasteiger partial charge in [0, 0.05) is 6.04 Å². The minimum Gasteiger partial charge on any atom is -0.317 e. The minimum absolute atomic E-state index is 0.571. The molecule has 3 heteroatoms. The zero-order valence-corrected chi connectivity index (χ0v) is 6.52. The topological polar surface area (TPSA) is 33.3 Å². The van der Waals surface area contributed by atoms with Gasteiger partial charge in [-0.15, -0.1) is 0 Å². The molecule has 0 saturated carbocycles. The average Bonchev–Trinajstić information content (AvgIpc) is 2.03. The van der Waals surface area contributed by atoms with Crippen LogP contribution in [-0.2, 0) is 4.84 Å². The van der Waals surface area contributed by atoms with Gasteiger partial charge in [0.15, 0.2) is 0 Å². The lowest BCUT2D eigenvalue weighted by atomic mass is 10.1. The zero-order valence-electron chi connectivity index (χ0n) is 6.52. The number of rotatable bonds is 3. The van der Waals surface area contributed by atoms with Gasteiger partial charge in [-0.3, -0.25) is 0 Å². The molecule has 1 fully saturated rings. The van der Waals surface area contributed by atoms with Crippen LogP contribution in [0.25, 0.3) is 0 Å². The van der Waals surface area contributed by atoms with Crippen molar-refractivity contribution in [3.05, 3.63) is 0 Å². The van der Waals surface area contributed by atoms with Gasteiger partial charge >= 0.3 is 0 Å². The lowest BCUT2D eigenvalue weighted by Gasteiger charge is -2.22. The summed E-state index contributed by atoms with van der Waals surface area (Å²) in [7, 11) is 0. The first-order valence-corrected chi connectivity index (χ1v) is 4.01. The van der Waals surface area contributed by atoms with E-state index in [0.717, 1.165) is 19.7 Å². The van der Waals surface area contributed by atoms with Gasteiger partial charge < -0.3 is 10.2 Å². The highest BCUT2D eigenvalue weighted by atomic mass is 16.6. The smallest absolute Gasteiger partial charge is 0.0654 e. The normalized spacial score (nSPS) is 21.3. The molecule has 0 radical (unpaired) electrons. The molecule has 3 nitrogen and oxygen atoms in total. The molecule has 1 rings (SSSR count). The van der Waals surface area contributed by atoms with Crippen LogP contribution in [0, 0.1) is 0 Å². The third-order valence-electron chi connectivity index (χ3n) is 1.73. The van der Waals surface area contributed by atoms with E-state index < -0.39 is 0 Å². The molecule has 0 bridgehead atoms. The number of hydrogen-bond donors (Lipinski definition) is 2. The fourth-order valence-corrected chi connectivity index (χ4v) is 1.14. The van der Waals surface area contributed by atoms with Crippen molar-refractivity contribution in [1.82, 2.24) is 10.8 Å². The molecule has 0 spiro atoms. The highest BCUT2D eigenvalue weighted by Crippen LogP contribution is 2.00. The van der Waals surface area contributed by atoms with E-state index in [4.69, 9.17) is 4.84 Å². The van der Waals surface area contributed by atoms with Crippen molar-refractivity contribution in [3.8, 4) is 0 Å². The van der Waals surface area contributed by atoms with Crippen molar-refractivity contribution >= 4 is 0 Å². The SMILES string of the molecule is CCONC1CCNCC1. The maximum atomic E-state index is 5.10. The molecule has 1 saturated heterocycles. The Labute approximate surface area is 62.1 Å². The molecule has 0 amide bonds. The van der Waals surface area contributed by atoms with Crippen LogP contribution in [0.1, 0.15) is 19.8 Å². The molecule has 10 heavy (non-hydrogen) atoms. The second-order valence-corrected chi connectivity index (χ2v) is 2.58. The molecular formula is C7H16N2O. The fourth-order valence-electron chi connectivity index (χ4n) is 1.14. The van der Waals surface area contributed by atoms with Gasteiger partial charge in [-0.05, 0) is 32.9 Å². The Morgan fingerprint density at radius 3 is 2.80 bits per heavy atom. The van der Waals surface area contributed by atoms with E-state index in [1.165, 1.54) is 12.8 Å². The summed E-state index contributed by atoms with van der Waals surface area (Å²) >= 11 is 0. The van der Waals surface area contributed by atoms with Crippen LogP contribution in [0.3, 0.4) is 0 Å². The molecule has 0 atom stereocenters. The minimum atomic E-state index is 0.571. The Kier molecular flexibility index (Phi) is 3.72. The molecule has 0 aliphatic carbocycles. The van der Waals surface area contributed by atoms with Crippen molar-refractivity contribution in [2.45, 2.75) is 25.8 Å². The molecule has 60 valence electrons. The summed E-state index contributed by atoms with van der Waals surface area (Å²) in [6.45, 7) is 4.98. The van der Waals surface area contributed by atoms with Gasteiger partial charge in [0.1, 0.15) is 0 Å². The second kappa shape index (κ2) is 4.66. The number of hydrogen-bond acceptors (Lipinski definition) is 3. The summed E-state index contributed by atoms with van der Waals surface area (Å²) in [5.74, 6) is 0. The van der Waals surface area contributed by atoms with Gasteiger partial charge in [-0.2, -0.15) is 5.48 Å². The summed E-state index contributed by atoms with van der Waals surface area (Å²) in [5.41, 5.74) is 3.03. The van der Waals surface area contributed by atoms with E-state index in [9.17, 15) is 0 Å². The summed E-state index contributed by atoms with van der Waals surface area (Å²) in [6.07, 6.45) is 2.36. The standard InChI is InChI=1S/C7H16N2O/c1-2-10-9-7-3-5-8-6-4-7/h7-9H,2-6H2,1H3. The molecular weight excluding hydrogens is 128 g/mol. The maximum absolute atomic E-state index is 5.10. The van der Waals surface area contributed by atoms with E-state index in [-0.39, 0.29) is 0 Å². The lowest BCUT2D eigenvalue weighted by Crippen LogP contribution is -2.39. The highest BCUT2D eigenvalue weighted by molar-refractivity contribution is 4.70. The first-order chi connectivity index (χ1) is 4.93. The highest BCUT2D eigenvalue weighted by Gasteiger charge is 2.11. The van der Waals surface area contributed by atoms with Crippen LogP contribution in [0.5, 0.6) is 0 Å². The van der Waals surface area contributed by atoms with Gasteiger partial charge in [-0.1, -0.05) is 0 Å². The maximum Gasteiger partial charge on any atom is 0.0654 e. The number of nitrogens with one attached hydrogen (secondary N) is 2. The molecule has 2 N–H and O–H groups in total. The lowest BCUT2D eigenvalue weighted by molar-refractivity contribution is 0.0170. The van der Waals surface area contributed by atoms with Crippen molar-refractivity contribution in [1.29, 1.82) is 0 Å². The Bertz CT molecular complexity index is 81.7. The van der Waals surface area contributed by atoms with Crippen molar-refractivity contribution in [2.24, 2.45) is 0 Å². The first kappa shape index (κ1) is 7.98. The van der Waals surface area contributed by atoms with E-state index >= 15 is 0 Å². The van der Waals surface area contributed by atoms with Gasteiger partial charge in [0.05, 0.1) is 6.61 Å². The van der Waals surface area contributed by atoms with Crippen molar-refractivity contribution in [2.75, 3.05) is 19.7 Å². The van der Waals surface area contributed by atoms with Crippen molar-refractivity contribution in [3.63, 3.8) is 0 Å². The van der Waals surface area contributed by atoms with Crippen LogP contribution in [0.2, 0.25) is 0 Å². The van der Waals surface area contributed by atoms with Gasteiger partial charge in [0.25, 0.3) is 0 Å². The van der Waals surface area contributed by atoms with Gasteiger partial charge in [0.2, 0.25) is 0 Å². The van der Waals surface area contributed by atoms with E-state index in [0.29, 0.717) is 6.04 Å². The van der Waals surface area contributed by atoms with E-state index in [2.05, 4.69) is 10.8 Å². The molecule has 0 unspecified atom stereocenters. The Morgan fingerprint density at radius 2 is 2.20 bits per heavy atom. The Balaban J connectivity index is 2.02. The zero-order chi connectivity index (χ0) is 7.23. The Hall–Kier alpha value is -0.120. The van der Waals surface area contributed by atoms with Crippen LogP contribution >= 0.6 is 0 Å². The van der Waals surface area contributed by atoms with Crippen molar-refractivity contribution < 1.29 is 4.84 Å². The van der Waals surface area contributed by atoms with Gasteiger partial charge in [-0.25, -0.2) is 0 Å². The predicted octanol–water partition coefficient (Wildman–Crippen LogP) is 0.280. The number of hydroxylamine groups is 1. The quantitative estimate of drug-likeness (QED) is 0.558. The Morgan fingerprint density at radius 1 is 1.50 bits per heavy atom. The molecule has 0 aromatic heterocycles. The van der Waals surface area contributed by atoms with E-state index in [1.54, 1.807) is 0 Å². The van der Waals surface area contributed by atoms with E-state index in [1.807, 2.05) is 6.92 Å². The third kappa shape index (κ3) is 2.64. The molecule has 0 aromatic carbocycles. The molecule has 1 heterocycles. The monoisotopic (exact) mass is 144 g/mol. The largest absolute Gasteiger partial charge is 0.317 e. The average molecular weight is 144 g/mol. The van der Waals surface area contributed by atoms with Crippen LogP contribution in [-0.4, -0.2) is 25.7 Å². The number of piperidine rings is 1. The fraction of sp³-hybridized carbons (Fsp3) is 1.00. The first-order valence-electron chi connectivity index (χ1n) is 4.01. The molecule has 1 aliphatic heterocycles. The van der Waals surface area contributed by atoms with Crippen LogP contribution < -0.4 is 10.8 Å². The summed E-state index contributed by atoms with van der Waals surface area (Å²) in [5, 5.41) is 3.30. The molecule has 1 aliphatic rings.